The SMILES string of the molecule is C[C@H](NP(=O)(OC[C@H]1O[C@@H](n2cc(I)c(=O)[nH]c2=O)C(F)(F)[C@@H]1O)Oc1ccccc1)C(=O)OCc1ccccc1. The van der Waals surface area contributed by atoms with Gasteiger partial charge in [0.2, 0.25) is 6.23 Å². The van der Waals surface area contributed by atoms with Gasteiger partial charge in [-0.15, -0.1) is 0 Å². The van der Waals surface area contributed by atoms with Crippen molar-refractivity contribution in [3.05, 3.63) is 96.8 Å². The van der Waals surface area contributed by atoms with Gasteiger partial charge >= 0.3 is 25.3 Å². The Morgan fingerprint density at radius 3 is 2.49 bits per heavy atom. The smallest absolute Gasteiger partial charge is 0.459 e. The van der Waals surface area contributed by atoms with Crippen LogP contribution in [-0.4, -0.2) is 51.4 Å². The molecule has 2 aromatic carbocycles. The lowest BCUT2D eigenvalue weighted by Gasteiger charge is -2.24. The van der Waals surface area contributed by atoms with Crippen LogP contribution in [0, 0.1) is 3.57 Å². The van der Waals surface area contributed by atoms with Crippen molar-refractivity contribution in [3.63, 3.8) is 0 Å². The van der Waals surface area contributed by atoms with E-state index in [1.165, 1.54) is 19.1 Å². The van der Waals surface area contributed by atoms with Crippen LogP contribution in [0.25, 0.3) is 0 Å². The summed E-state index contributed by atoms with van der Waals surface area (Å²) in [4.78, 5) is 38.3. The van der Waals surface area contributed by atoms with Crippen molar-refractivity contribution in [1.29, 1.82) is 0 Å². The molecular formula is C25H25F2IN3O9P. The number of aliphatic hydroxyl groups is 1. The molecule has 5 atom stereocenters. The number of H-pyrrole nitrogens is 1. The Hall–Kier alpha value is -2.95. The van der Waals surface area contributed by atoms with E-state index in [1.807, 2.05) is 4.98 Å². The molecule has 1 aliphatic heterocycles. The number of benzene rings is 2. The fraction of sp³-hybridized carbons (Fsp3) is 0.320. The van der Waals surface area contributed by atoms with Crippen molar-refractivity contribution >= 4 is 36.3 Å². The van der Waals surface area contributed by atoms with E-state index < -0.39 is 62.0 Å². The van der Waals surface area contributed by atoms with E-state index in [9.17, 15) is 32.8 Å². The lowest BCUT2D eigenvalue weighted by atomic mass is 10.1. The highest BCUT2D eigenvalue weighted by Crippen LogP contribution is 2.48. The zero-order chi connectivity index (χ0) is 29.8. The molecule has 4 rings (SSSR count). The van der Waals surface area contributed by atoms with Crippen LogP contribution in [0.1, 0.15) is 18.7 Å². The molecule has 0 radical (unpaired) electrons. The van der Waals surface area contributed by atoms with Gasteiger partial charge in [0.15, 0.2) is 6.10 Å². The number of carbonyl (C=O) groups excluding carboxylic acids is 1. The Morgan fingerprint density at radius 2 is 1.83 bits per heavy atom. The first-order valence-corrected chi connectivity index (χ1v) is 14.7. The minimum atomic E-state index is -4.49. The summed E-state index contributed by atoms with van der Waals surface area (Å²) in [6.45, 7) is 0.385. The molecule has 1 saturated heterocycles. The van der Waals surface area contributed by atoms with Crippen LogP contribution < -0.4 is 20.9 Å². The van der Waals surface area contributed by atoms with Crippen molar-refractivity contribution in [3.8, 4) is 5.75 Å². The fourth-order valence-corrected chi connectivity index (χ4v) is 5.70. The summed E-state index contributed by atoms with van der Waals surface area (Å²) in [7, 11) is -4.49. The molecule has 3 N–H and O–H groups in total. The number of ether oxygens (including phenoxy) is 2. The number of aromatic nitrogens is 2. The molecule has 1 aliphatic rings. The van der Waals surface area contributed by atoms with Crippen LogP contribution in [0.3, 0.4) is 0 Å². The van der Waals surface area contributed by atoms with Crippen molar-refractivity contribution in [2.45, 2.75) is 43.9 Å². The van der Waals surface area contributed by atoms with E-state index in [2.05, 4.69) is 5.09 Å². The molecule has 1 fully saturated rings. The third-order valence-corrected chi connectivity index (χ3v) is 8.28. The Labute approximate surface area is 245 Å². The second kappa shape index (κ2) is 12.9. The van der Waals surface area contributed by atoms with Crippen molar-refractivity contribution in [2.24, 2.45) is 0 Å². The highest BCUT2D eigenvalue weighted by atomic mass is 127. The molecular weight excluding hydrogens is 682 g/mol. The van der Waals surface area contributed by atoms with Gasteiger partial charge in [-0.25, -0.2) is 9.36 Å². The van der Waals surface area contributed by atoms with E-state index in [4.69, 9.17) is 18.5 Å². The van der Waals surface area contributed by atoms with E-state index >= 15 is 0 Å². The number of alkyl halides is 2. The second-order valence-electron chi connectivity index (χ2n) is 8.93. The summed E-state index contributed by atoms with van der Waals surface area (Å²) >= 11 is 1.55. The molecule has 1 unspecified atom stereocenters. The molecule has 0 saturated carbocycles. The Kier molecular flexibility index (Phi) is 9.77. The van der Waals surface area contributed by atoms with Gasteiger partial charge in [-0.2, -0.15) is 13.9 Å². The maximum atomic E-state index is 15.0. The summed E-state index contributed by atoms with van der Waals surface area (Å²) < 4.78 is 65.4. The standard InChI is InChI=1S/C25H25F2IN3O9P/c1-15(22(34)37-13-16-8-4-2-5-9-16)30-41(36,40-17-10-6-3-7-11-17)38-14-19-20(32)25(26,27)23(39-19)31-12-18(28)21(33)29-24(31)35/h2-12,15,19-20,23,32H,13-14H2,1H3,(H,30,36)(H,29,33,35)/t15-,19+,20+,23+,41?/m0/s1. The van der Waals surface area contributed by atoms with Gasteiger partial charge in [0.1, 0.15) is 24.5 Å². The molecule has 220 valence electrons. The normalized spacial score (nSPS) is 22.0. The molecule has 12 nitrogen and oxygen atoms in total. The predicted octanol–water partition coefficient (Wildman–Crippen LogP) is 2.96. The van der Waals surface area contributed by atoms with Crippen LogP contribution in [0.2, 0.25) is 0 Å². The lowest BCUT2D eigenvalue weighted by molar-refractivity contribution is -0.146. The van der Waals surface area contributed by atoms with Gasteiger partial charge < -0.3 is 19.1 Å². The van der Waals surface area contributed by atoms with E-state index in [0.717, 1.165) is 6.20 Å². The molecule has 2 heterocycles. The third-order valence-electron chi connectivity index (χ3n) is 5.86. The zero-order valence-electron chi connectivity index (χ0n) is 21.3. The van der Waals surface area contributed by atoms with Crippen LogP contribution in [0.15, 0.2) is 76.4 Å². The van der Waals surface area contributed by atoms with Crippen molar-refractivity contribution < 1.29 is 41.8 Å². The van der Waals surface area contributed by atoms with Gasteiger partial charge in [-0.1, -0.05) is 48.5 Å². The van der Waals surface area contributed by atoms with E-state index in [0.29, 0.717) is 10.1 Å². The number of hydrogen-bond donors (Lipinski definition) is 3. The highest BCUT2D eigenvalue weighted by Gasteiger charge is 2.60. The highest BCUT2D eigenvalue weighted by molar-refractivity contribution is 14.1. The summed E-state index contributed by atoms with van der Waals surface area (Å²) in [6, 6.07) is 15.3. The quantitative estimate of drug-likeness (QED) is 0.154. The number of halogens is 3. The Morgan fingerprint density at radius 1 is 1.20 bits per heavy atom. The fourth-order valence-electron chi connectivity index (χ4n) is 3.77. The molecule has 41 heavy (non-hydrogen) atoms. The number of para-hydroxylation sites is 1. The third kappa shape index (κ3) is 7.47. The Bertz CT molecular complexity index is 1520. The number of nitrogens with one attached hydrogen (secondary N) is 2. The Balaban J connectivity index is 1.49. The van der Waals surface area contributed by atoms with Crippen LogP contribution in [0.5, 0.6) is 5.75 Å². The number of nitrogens with zero attached hydrogens (tertiary/aromatic N) is 1. The maximum Gasteiger partial charge on any atom is 0.459 e. The molecule has 1 aromatic heterocycles. The number of aliphatic hydroxyl groups excluding tert-OH is 1. The topological polar surface area (TPSA) is 158 Å². The first kappa shape index (κ1) is 31.0. The van der Waals surface area contributed by atoms with Gasteiger partial charge in [-0.05, 0) is 47.2 Å². The number of rotatable bonds is 11. The first-order valence-electron chi connectivity index (χ1n) is 12.1. The average molecular weight is 707 g/mol. The van der Waals surface area contributed by atoms with Crippen molar-refractivity contribution in [2.75, 3.05) is 6.61 Å². The van der Waals surface area contributed by atoms with Gasteiger partial charge in [0.05, 0.1) is 10.2 Å². The zero-order valence-corrected chi connectivity index (χ0v) is 24.4. The summed E-state index contributed by atoms with van der Waals surface area (Å²) in [6.07, 6.45) is -5.73. The molecule has 16 heteroatoms. The van der Waals surface area contributed by atoms with E-state index in [-0.39, 0.29) is 15.9 Å². The number of carbonyl (C=O) groups is 1. The molecule has 3 aromatic rings. The van der Waals surface area contributed by atoms with Crippen LogP contribution in [0.4, 0.5) is 8.78 Å². The lowest BCUT2D eigenvalue weighted by Crippen LogP contribution is -2.43. The maximum absolute atomic E-state index is 15.0. The van der Waals surface area contributed by atoms with Gasteiger partial charge in [0.25, 0.3) is 5.56 Å². The monoisotopic (exact) mass is 707 g/mol. The largest absolute Gasteiger partial charge is 0.460 e. The first-order chi connectivity index (χ1) is 19.4. The summed E-state index contributed by atoms with van der Waals surface area (Å²) in [5.41, 5.74) is -1.25. The van der Waals surface area contributed by atoms with Crippen LogP contribution >= 0.6 is 30.3 Å². The van der Waals surface area contributed by atoms with Gasteiger partial charge in [-0.3, -0.25) is 23.7 Å². The summed E-state index contributed by atoms with van der Waals surface area (Å²) in [5, 5.41) is 12.7. The minimum absolute atomic E-state index is 0.0575. The minimum Gasteiger partial charge on any atom is -0.460 e. The molecule has 0 amide bonds. The summed E-state index contributed by atoms with van der Waals surface area (Å²) in [5.74, 6) is -4.74. The van der Waals surface area contributed by atoms with Crippen LogP contribution in [-0.2, 0) is 30.0 Å². The number of hydrogen-bond acceptors (Lipinski definition) is 9. The van der Waals surface area contributed by atoms with Gasteiger partial charge in [0, 0.05) is 6.20 Å². The number of esters is 1. The van der Waals surface area contributed by atoms with E-state index in [1.54, 1.807) is 71.1 Å². The number of aromatic amines is 1. The molecule has 0 spiro atoms. The predicted molar refractivity (Wildman–Crippen MR) is 148 cm³/mol. The average Bonchev–Trinajstić information content (AvgIpc) is 3.17. The molecule has 0 bridgehead atoms. The van der Waals surface area contributed by atoms with Crippen molar-refractivity contribution in [1.82, 2.24) is 14.6 Å². The second-order valence-corrected chi connectivity index (χ2v) is 11.8. The molecule has 0 aliphatic carbocycles.